The van der Waals surface area contributed by atoms with Gasteiger partial charge in [-0.25, -0.2) is 9.78 Å². The lowest BCUT2D eigenvalue weighted by Gasteiger charge is -2.35. The van der Waals surface area contributed by atoms with Crippen LogP contribution in [0.3, 0.4) is 0 Å². The molecule has 3 heterocycles. The zero-order chi connectivity index (χ0) is 18.5. The van der Waals surface area contributed by atoms with Crippen LogP contribution in [0, 0.1) is 0 Å². The second-order valence-electron chi connectivity index (χ2n) is 6.85. The summed E-state index contributed by atoms with van der Waals surface area (Å²) >= 11 is 0. The van der Waals surface area contributed by atoms with Crippen molar-refractivity contribution in [3.8, 4) is 5.69 Å². The number of amides is 2. The van der Waals surface area contributed by atoms with E-state index in [0.29, 0.717) is 0 Å². The molecular formula is C20H24N6O. The normalized spacial score (nSPS) is 17.0. The minimum atomic E-state index is -0.0180. The summed E-state index contributed by atoms with van der Waals surface area (Å²) in [4.78, 5) is 18.9. The summed E-state index contributed by atoms with van der Waals surface area (Å²) in [5.41, 5.74) is 1.82. The van der Waals surface area contributed by atoms with Crippen LogP contribution < -0.4 is 5.32 Å². The predicted octanol–water partition coefficient (Wildman–Crippen LogP) is 3.55. The number of hydrogen-bond donors (Lipinski definition) is 1. The van der Waals surface area contributed by atoms with Gasteiger partial charge in [0.15, 0.2) is 0 Å². The Balaban J connectivity index is 1.38. The van der Waals surface area contributed by atoms with Gasteiger partial charge < -0.3 is 14.8 Å². The number of nitrogens with one attached hydrogen (secondary N) is 1. The maximum Gasteiger partial charge on any atom is 0.322 e. The fraction of sp³-hybridized carbons (Fsp3) is 0.350. The van der Waals surface area contributed by atoms with Crippen molar-refractivity contribution in [3.63, 3.8) is 0 Å². The topological polar surface area (TPSA) is 68.0 Å². The fourth-order valence-corrected chi connectivity index (χ4v) is 3.61. The van der Waals surface area contributed by atoms with Gasteiger partial charge in [-0.3, -0.25) is 4.68 Å². The van der Waals surface area contributed by atoms with Gasteiger partial charge in [-0.2, -0.15) is 5.10 Å². The lowest BCUT2D eigenvalue weighted by atomic mass is 10.00. The molecule has 1 saturated heterocycles. The molecule has 0 radical (unpaired) electrons. The van der Waals surface area contributed by atoms with Gasteiger partial charge in [-0.05, 0) is 56.0 Å². The third-order valence-electron chi connectivity index (χ3n) is 5.06. The monoisotopic (exact) mass is 364 g/mol. The van der Waals surface area contributed by atoms with Crippen LogP contribution in [-0.4, -0.2) is 42.8 Å². The molecule has 2 aromatic heterocycles. The van der Waals surface area contributed by atoms with E-state index in [1.54, 1.807) is 18.7 Å². The van der Waals surface area contributed by atoms with Crippen molar-refractivity contribution in [2.45, 2.75) is 38.3 Å². The highest BCUT2D eigenvalue weighted by molar-refractivity contribution is 5.89. The molecule has 7 heteroatoms. The molecule has 140 valence electrons. The third-order valence-corrected chi connectivity index (χ3v) is 5.06. The van der Waals surface area contributed by atoms with E-state index in [-0.39, 0.29) is 12.1 Å². The average molecular weight is 364 g/mol. The molecule has 0 bridgehead atoms. The standard InChI is InChI=1S/C20H24N6O/c27-20(23-17-5-7-18(8-6-17)24-15-11-21-16-24)26-13-2-1-4-19(26)9-14-25-12-3-10-22-25/h3,5-8,10-12,15-16,19H,1-2,4,9,13-14H2,(H,23,27). The molecule has 1 unspecified atom stereocenters. The quantitative estimate of drug-likeness (QED) is 0.753. The summed E-state index contributed by atoms with van der Waals surface area (Å²) in [5.74, 6) is 0. The average Bonchev–Trinajstić information content (AvgIpc) is 3.41. The number of anilines is 1. The number of imidazole rings is 1. The molecular weight excluding hydrogens is 340 g/mol. The summed E-state index contributed by atoms with van der Waals surface area (Å²) in [7, 11) is 0. The molecule has 0 aliphatic carbocycles. The summed E-state index contributed by atoms with van der Waals surface area (Å²) in [6.45, 7) is 1.64. The van der Waals surface area contributed by atoms with Gasteiger partial charge >= 0.3 is 6.03 Å². The van der Waals surface area contributed by atoms with E-state index in [9.17, 15) is 4.79 Å². The first-order chi connectivity index (χ1) is 13.3. The van der Waals surface area contributed by atoms with Crippen molar-refractivity contribution < 1.29 is 4.79 Å². The van der Waals surface area contributed by atoms with Crippen LogP contribution in [-0.2, 0) is 6.54 Å². The fourth-order valence-electron chi connectivity index (χ4n) is 3.61. The Morgan fingerprint density at radius 2 is 2.04 bits per heavy atom. The van der Waals surface area contributed by atoms with Crippen molar-refractivity contribution >= 4 is 11.7 Å². The van der Waals surface area contributed by atoms with E-state index in [2.05, 4.69) is 15.4 Å². The molecule has 1 aliphatic rings. The smallest absolute Gasteiger partial charge is 0.321 e. The molecule has 4 rings (SSSR count). The van der Waals surface area contributed by atoms with Crippen molar-refractivity contribution in [1.82, 2.24) is 24.2 Å². The first-order valence-electron chi connectivity index (χ1n) is 9.43. The number of rotatable bonds is 5. The summed E-state index contributed by atoms with van der Waals surface area (Å²) in [6.07, 6.45) is 13.4. The van der Waals surface area contributed by atoms with Crippen molar-refractivity contribution in [2.24, 2.45) is 0 Å². The minimum Gasteiger partial charge on any atom is -0.321 e. The van der Waals surface area contributed by atoms with Crippen LogP contribution in [0.25, 0.3) is 5.69 Å². The molecule has 1 aromatic carbocycles. The van der Waals surface area contributed by atoms with Gasteiger partial charge in [0.25, 0.3) is 0 Å². The Hall–Kier alpha value is -3.09. The molecule has 1 aliphatic heterocycles. The summed E-state index contributed by atoms with van der Waals surface area (Å²) in [6, 6.07) is 9.97. The molecule has 1 fully saturated rings. The highest BCUT2D eigenvalue weighted by Gasteiger charge is 2.26. The number of carbonyl (C=O) groups excluding carboxylic acids is 1. The lowest BCUT2D eigenvalue weighted by molar-refractivity contribution is 0.154. The molecule has 0 spiro atoms. The number of hydrogen-bond acceptors (Lipinski definition) is 3. The van der Waals surface area contributed by atoms with Gasteiger partial charge in [-0.15, -0.1) is 0 Å². The Bertz CT molecular complexity index is 841. The predicted molar refractivity (Wildman–Crippen MR) is 104 cm³/mol. The number of aromatic nitrogens is 4. The maximum absolute atomic E-state index is 12.8. The van der Waals surface area contributed by atoms with Crippen molar-refractivity contribution in [2.75, 3.05) is 11.9 Å². The summed E-state index contributed by atoms with van der Waals surface area (Å²) < 4.78 is 3.86. The van der Waals surface area contributed by atoms with Crippen LogP contribution in [0.15, 0.2) is 61.4 Å². The van der Waals surface area contributed by atoms with E-state index in [4.69, 9.17) is 0 Å². The lowest BCUT2D eigenvalue weighted by Crippen LogP contribution is -2.46. The first kappa shape index (κ1) is 17.3. The van der Waals surface area contributed by atoms with Gasteiger partial charge in [-0.1, -0.05) is 0 Å². The van der Waals surface area contributed by atoms with E-state index in [1.165, 1.54) is 6.42 Å². The Morgan fingerprint density at radius 3 is 2.78 bits per heavy atom. The number of benzene rings is 1. The van der Waals surface area contributed by atoms with Crippen LogP contribution >= 0.6 is 0 Å². The second kappa shape index (κ2) is 8.07. The number of aryl methyl sites for hydroxylation is 1. The van der Waals surface area contributed by atoms with Gasteiger partial charge in [0, 0.05) is 55.3 Å². The zero-order valence-corrected chi connectivity index (χ0v) is 15.2. The molecule has 1 atom stereocenters. The Morgan fingerprint density at radius 1 is 1.15 bits per heavy atom. The van der Waals surface area contributed by atoms with E-state index in [0.717, 1.165) is 43.7 Å². The molecule has 7 nitrogen and oxygen atoms in total. The number of piperidine rings is 1. The maximum atomic E-state index is 12.8. The van der Waals surface area contributed by atoms with E-state index < -0.39 is 0 Å². The minimum absolute atomic E-state index is 0.0180. The highest BCUT2D eigenvalue weighted by Crippen LogP contribution is 2.22. The number of likely N-dealkylation sites (tertiary alicyclic amines) is 1. The van der Waals surface area contributed by atoms with Crippen LogP contribution in [0.4, 0.5) is 10.5 Å². The van der Waals surface area contributed by atoms with Crippen LogP contribution in [0.5, 0.6) is 0 Å². The Kier molecular flexibility index (Phi) is 5.18. The zero-order valence-electron chi connectivity index (χ0n) is 15.2. The Labute approximate surface area is 158 Å². The van der Waals surface area contributed by atoms with Crippen LogP contribution in [0.1, 0.15) is 25.7 Å². The third kappa shape index (κ3) is 4.19. The summed E-state index contributed by atoms with van der Waals surface area (Å²) in [5, 5.41) is 7.31. The SMILES string of the molecule is O=C(Nc1ccc(-n2ccnc2)cc1)N1CCCCC1CCn1cccn1. The van der Waals surface area contributed by atoms with E-state index in [1.807, 2.05) is 56.9 Å². The molecule has 2 amide bonds. The number of urea groups is 1. The van der Waals surface area contributed by atoms with Gasteiger partial charge in [0.1, 0.15) is 0 Å². The van der Waals surface area contributed by atoms with Crippen molar-refractivity contribution in [3.05, 3.63) is 61.4 Å². The van der Waals surface area contributed by atoms with E-state index >= 15 is 0 Å². The molecule has 3 aromatic rings. The number of carbonyl (C=O) groups is 1. The highest BCUT2D eigenvalue weighted by atomic mass is 16.2. The first-order valence-corrected chi connectivity index (χ1v) is 9.43. The van der Waals surface area contributed by atoms with Gasteiger partial charge in [0.05, 0.1) is 6.33 Å². The molecule has 0 saturated carbocycles. The largest absolute Gasteiger partial charge is 0.322 e. The van der Waals surface area contributed by atoms with Crippen LogP contribution in [0.2, 0.25) is 0 Å². The van der Waals surface area contributed by atoms with Crippen molar-refractivity contribution in [1.29, 1.82) is 0 Å². The molecule has 27 heavy (non-hydrogen) atoms. The van der Waals surface area contributed by atoms with Gasteiger partial charge in [0.2, 0.25) is 0 Å². The second-order valence-corrected chi connectivity index (χ2v) is 6.85. The molecule has 1 N–H and O–H groups in total. The number of nitrogens with zero attached hydrogens (tertiary/aromatic N) is 5.